The van der Waals surface area contributed by atoms with Crippen molar-refractivity contribution >= 4 is 17.2 Å². The second-order valence-corrected chi connectivity index (χ2v) is 5.41. The Bertz CT molecular complexity index is 337. The molecule has 1 aliphatic rings. The molecule has 0 bridgehead atoms. The van der Waals surface area contributed by atoms with Crippen LogP contribution >= 0.6 is 11.3 Å². The van der Waals surface area contributed by atoms with Crippen LogP contribution < -0.4 is 5.32 Å². The molecule has 0 saturated heterocycles. The number of thiazole rings is 1. The zero-order chi connectivity index (χ0) is 11.4. The van der Waals surface area contributed by atoms with Crippen LogP contribution in [0.25, 0.3) is 0 Å². The third kappa shape index (κ3) is 3.30. The summed E-state index contributed by atoms with van der Waals surface area (Å²) in [6.07, 6.45) is 5.23. The molecule has 1 saturated carbocycles. The summed E-state index contributed by atoms with van der Waals surface area (Å²) in [7, 11) is 0. The maximum atomic E-state index is 11.7. The van der Waals surface area contributed by atoms with Gasteiger partial charge in [0.2, 0.25) is 5.91 Å². The smallest absolute Gasteiger partial charge is 0.226 e. The van der Waals surface area contributed by atoms with Crippen LogP contribution in [0.3, 0.4) is 0 Å². The first-order valence-corrected chi connectivity index (χ1v) is 6.84. The van der Waals surface area contributed by atoms with E-state index in [1.807, 2.05) is 5.38 Å². The highest BCUT2D eigenvalue weighted by atomic mass is 32.1. The molecule has 2 atom stereocenters. The summed E-state index contributed by atoms with van der Waals surface area (Å²) in [5.74, 6) is 0.864. The highest BCUT2D eigenvalue weighted by molar-refractivity contribution is 7.07. The number of amides is 1. The quantitative estimate of drug-likeness (QED) is 0.878. The molecule has 0 aliphatic heterocycles. The molecule has 0 radical (unpaired) electrons. The lowest BCUT2D eigenvalue weighted by Crippen LogP contribution is -2.38. The summed E-state index contributed by atoms with van der Waals surface area (Å²) >= 11 is 1.54. The minimum atomic E-state index is 0.116. The SMILES string of the molecule is C[C@@H]1CCC[C@@H](NC(=O)Cc2cscn2)C1. The minimum absolute atomic E-state index is 0.116. The van der Waals surface area contributed by atoms with Crippen molar-refractivity contribution in [3.8, 4) is 0 Å². The van der Waals surface area contributed by atoms with Crippen molar-refractivity contribution in [3.05, 3.63) is 16.6 Å². The van der Waals surface area contributed by atoms with Crippen LogP contribution in [0.15, 0.2) is 10.9 Å². The zero-order valence-electron chi connectivity index (χ0n) is 9.61. The summed E-state index contributed by atoms with van der Waals surface area (Å²) < 4.78 is 0. The average Bonchev–Trinajstić information content (AvgIpc) is 2.70. The molecule has 1 aromatic rings. The van der Waals surface area contributed by atoms with Gasteiger partial charge in [0.15, 0.2) is 0 Å². The number of carbonyl (C=O) groups is 1. The highest BCUT2D eigenvalue weighted by Gasteiger charge is 2.20. The van der Waals surface area contributed by atoms with E-state index in [1.54, 1.807) is 5.51 Å². The molecule has 0 spiro atoms. The van der Waals surface area contributed by atoms with E-state index in [1.165, 1.54) is 24.2 Å². The van der Waals surface area contributed by atoms with Crippen molar-refractivity contribution in [1.82, 2.24) is 10.3 Å². The van der Waals surface area contributed by atoms with Crippen molar-refractivity contribution < 1.29 is 4.79 Å². The molecule has 4 heteroatoms. The van der Waals surface area contributed by atoms with Gasteiger partial charge < -0.3 is 5.32 Å². The lowest BCUT2D eigenvalue weighted by Gasteiger charge is -2.27. The summed E-state index contributed by atoms with van der Waals surface area (Å²) in [5, 5.41) is 5.05. The summed E-state index contributed by atoms with van der Waals surface area (Å²) in [4.78, 5) is 15.9. The zero-order valence-corrected chi connectivity index (χ0v) is 10.4. The monoisotopic (exact) mass is 238 g/mol. The van der Waals surface area contributed by atoms with Crippen LogP contribution in [-0.2, 0) is 11.2 Å². The average molecular weight is 238 g/mol. The number of hydrogen-bond donors (Lipinski definition) is 1. The van der Waals surface area contributed by atoms with Gasteiger partial charge in [-0.05, 0) is 18.8 Å². The first kappa shape index (κ1) is 11.6. The van der Waals surface area contributed by atoms with Crippen LogP contribution in [0.1, 0.15) is 38.3 Å². The number of carbonyl (C=O) groups excluding carboxylic acids is 1. The highest BCUT2D eigenvalue weighted by Crippen LogP contribution is 2.23. The molecule has 1 N–H and O–H groups in total. The van der Waals surface area contributed by atoms with Gasteiger partial charge in [-0.1, -0.05) is 19.8 Å². The van der Waals surface area contributed by atoms with Gasteiger partial charge in [-0.25, -0.2) is 4.98 Å². The Kier molecular flexibility index (Phi) is 3.93. The second-order valence-electron chi connectivity index (χ2n) is 4.69. The number of nitrogens with one attached hydrogen (secondary N) is 1. The molecule has 3 nitrogen and oxygen atoms in total. The summed E-state index contributed by atoms with van der Waals surface area (Å²) in [6, 6.07) is 0.384. The third-order valence-corrected chi connectivity index (χ3v) is 3.76. The van der Waals surface area contributed by atoms with Gasteiger partial charge in [-0.2, -0.15) is 0 Å². The number of rotatable bonds is 3. The van der Waals surface area contributed by atoms with E-state index in [-0.39, 0.29) is 5.91 Å². The van der Waals surface area contributed by atoms with Crippen LogP contribution in [0, 0.1) is 5.92 Å². The van der Waals surface area contributed by atoms with Crippen LogP contribution in [-0.4, -0.2) is 16.9 Å². The Morgan fingerprint density at radius 1 is 1.62 bits per heavy atom. The standard InChI is InChI=1S/C12H18N2OS/c1-9-3-2-4-10(5-9)14-12(15)6-11-7-16-8-13-11/h7-10H,2-6H2,1H3,(H,14,15)/t9-,10-/m1/s1. The molecule has 16 heavy (non-hydrogen) atoms. The van der Waals surface area contributed by atoms with Crippen molar-refractivity contribution in [1.29, 1.82) is 0 Å². The first-order chi connectivity index (χ1) is 7.74. The molecule has 0 unspecified atom stereocenters. The van der Waals surface area contributed by atoms with Crippen molar-refractivity contribution in [2.75, 3.05) is 0 Å². The predicted octanol–water partition coefficient (Wildman–Crippen LogP) is 2.38. The number of aromatic nitrogens is 1. The van der Waals surface area contributed by atoms with E-state index in [0.717, 1.165) is 24.5 Å². The van der Waals surface area contributed by atoms with Gasteiger partial charge in [-0.15, -0.1) is 11.3 Å². The Hall–Kier alpha value is -0.900. The van der Waals surface area contributed by atoms with E-state index >= 15 is 0 Å². The molecule has 1 heterocycles. The van der Waals surface area contributed by atoms with Crippen molar-refractivity contribution in [2.24, 2.45) is 5.92 Å². The van der Waals surface area contributed by atoms with E-state index in [2.05, 4.69) is 17.2 Å². The van der Waals surface area contributed by atoms with E-state index < -0.39 is 0 Å². The predicted molar refractivity (Wildman–Crippen MR) is 65.4 cm³/mol. The van der Waals surface area contributed by atoms with Crippen LogP contribution in [0.5, 0.6) is 0 Å². The van der Waals surface area contributed by atoms with Crippen molar-refractivity contribution in [2.45, 2.75) is 45.1 Å². The fourth-order valence-electron chi connectivity index (χ4n) is 2.33. The topological polar surface area (TPSA) is 42.0 Å². The van der Waals surface area contributed by atoms with Gasteiger partial charge in [0.05, 0.1) is 17.6 Å². The minimum Gasteiger partial charge on any atom is -0.353 e. The number of hydrogen-bond acceptors (Lipinski definition) is 3. The van der Waals surface area contributed by atoms with Crippen LogP contribution in [0.2, 0.25) is 0 Å². The maximum Gasteiger partial charge on any atom is 0.226 e. The second kappa shape index (κ2) is 5.43. The summed E-state index contributed by atoms with van der Waals surface area (Å²) in [5.41, 5.74) is 2.65. The number of nitrogens with zero attached hydrogens (tertiary/aromatic N) is 1. The molecular formula is C12H18N2OS. The lowest BCUT2D eigenvalue weighted by molar-refractivity contribution is -0.121. The molecule has 1 fully saturated rings. The van der Waals surface area contributed by atoms with E-state index in [4.69, 9.17) is 0 Å². The Morgan fingerprint density at radius 3 is 3.19 bits per heavy atom. The molecule has 1 aromatic heterocycles. The summed E-state index contributed by atoms with van der Waals surface area (Å²) in [6.45, 7) is 2.26. The Balaban J connectivity index is 1.78. The Morgan fingerprint density at radius 2 is 2.50 bits per heavy atom. The fraction of sp³-hybridized carbons (Fsp3) is 0.667. The van der Waals surface area contributed by atoms with Gasteiger partial charge in [-0.3, -0.25) is 4.79 Å². The molecule has 0 aromatic carbocycles. The maximum absolute atomic E-state index is 11.7. The fourth-order valence-corrected chi connectivity index (χ4v) is 2.89. The van der Waals surface area contributed by atoms with E-state index in [9.17, 15) is 4.79 Å². The van der Waals surface area contributed by atoms with Gasteiger partial charge in [0, 0.05) is 11.4 Å². The normalized spacial score (nSPS) is 25.3. The third-order valence-electron chi connectivity index (χ3n) is 3.13. The van der Waals surface area contributed by atoms with Gasteiger partial charge in [0.1, 0.15) is 0 Å². The molecule has 88 valence electrons. The van der Waals surface area contributed by atoms with Gasteiger partial charge >= 0.3 is 0 Å². The lowest BCUT2D eigenvalue weighted by atomic mass is 9.87. The van der Waals surface area contributed by atoms with E-state index in [0.29, 0.717) is 12.5 Å². The van der Waals surface area contributed by atoms with Gasteiger partial charge in [0.25, 0.3) is 0 Å². The molecule has 2 rings (SSSR count). The molecule has 1 aliphatic carbocycles. The first-order valence-electron chi connectivity index (χ1n) is 5.90. The molecular weight excluding hydrogens is 220 g/mol. The van der Waals surface area contributed by atoms with Crippen LogP contribution in [0.4, 0.5) is 0 Å². The van der Waals surface area contributed by atoms with Crippen molar-refractivity contribution in [3.63, 3.8) is 0 Å². The largest absolute Gasteiger partial charge is 0.353 e. The molecule has 1 amide bonds. The Labute approximate surface area is 100 Å².